The van der Waals surface area contributed by atoms with E-state index in [2.05, 4.69) is 20.9 Å². The van der Waals surface area contributed by atoms with Gasteiger partial charge in [0.15, 0.2) is 0 Å². The molecule has 3 heterocycles. The summed E-state index contributed by atoms with van der Waals surface area (Å²) in [6.45, 7) is 4.61. The Labute approximate surface area is 142 Å². The van der Waals surface area contributed by atoms with Gasteiger partial charge in [0.05, 0.1) is 0 Å². The van der Waals surface area contributed by atoms with E-state index in [9.17, 15) is 4.79 Å². The number of carbonyl (C=O) groups is 1. The average Bonchev–Trinajstić information content (AvgIpc) is 3.05. The van der Waals surface area contributed by atoms with Crippen LogP contribution in [0.1, 0.15) is 41.1 Å². The lowest BCUT2D eigenvalue weighted by atomic mass is 10.1. The first-order chi connectivity index (χ1) is 11.7. The molecule has 0 radical (unpaired) electrons. The third-order valence-corrected chi connectivity index (χ3v) is 4.86. The number of piperidine rings is 1. The molecule has 1 amide bonds. The second-order valence-corrected chi connectivity index (χ2v) is 6.54. The van der Waals surface area contributed by atoms with E-state index in [0.717, 1.165) is 37.6 Å². The van der Waals surface area contributed by atoms with Gasteiger partial charge in [0.1, 0.15) is 17.3 Å². The van der Waals surface area contributed by atoms with Crippen molar-refractivity contribution in [2.45, 2.75) is 32.6 Å². The molecule has 4 rings (SSSR count). The van der Waals surface area contributed by atoms with E-state index >= 15 is 0 Å². The number of hydrogen-bond donors (Lipinski definition) is 0. The van der Waals surface area contributed by atoms with Crippen molar-refractivity contribution in [3.05, 3.63) is 47.4 Å². The van der Waals surface area contributed by atoms with Gasteiger partial charge in [0.2, 0.25) is 0 Å². The lowest BCUT2D eigenvalue weighted by molar-refractivity contribution is 0.0984. The van der Waals surface area contributed by atoms with Gasteiger partial charge in [-0.25, -0.2) is 9.97 Å². The molecule has 0 atom stereocenters. The number of amides is 1. The Morgan fingerprint density at radius 3 is 2.67 bits per heavy atom. The van der Waals surface area contributed by atoms with E-state index in [4.69, 9.17) is 0 Å². The van der Waals surface area contributed by atoms with Gasteiger partial charge < -0.3 is 9.80 Å². The number of rotatable bonds is 2. The molecule has 1 fully saturated rings. The van der Waals surface area contributed by atoms with Crippen molar-refractivity contribution >= 4 is 17.4 Å². The Balaban J connectivity index is 1.64. The quantitative estimate of drug-likeness (QED) is 0.853. The first kappa shape index (κ1) is 15.1. The van der Waals surface area contributed by atoms with Gasteiger partial charge >= 0.3 is 0 Å². The summed E-state index contributed by atoms with van der Waals surface area (Å²) in [7, 11) is 0. The maximum absolute atomic E-state index is 13.0. The Morgan fingerprint density at radius 2 is 1.83 bits per heavy atom. The van der Waals surface area contributed by atoms with Crippen LogP contribution in [0.2, 0.25) is 0 Å². The summed E-state index contributed by atoms with van der Waals surface area (Å²) in [5.74, 6) is 1.52. The van der Waals surface area contributed by atoms with E-state index in [0.29, 0.717) is 11.5 Å². The highest BCUT2D eigenvalue weighted by Crippen LogP contribution is 2.29. The summed E-state index contributed by atoms with van der Waals surface area (Å²) in [6.07, 6.45) is 4.56. The van der Waals surface area contributed by atoms with Crippen molar-refractivity contribution in [2.75, 3.05) is 29.4 Å². The van der Waals surface area contributed by atoms with Crippen LogP contribution in [-0.2, 0) is 6.42 Å². The van der Waals surface area contributed by atoms with Gasteiger partial charge in [0.25, 0.3) is 5.91 Å². The lowest BCUT2D eigenvalue weighted by Gasteiger charge is -2.28. The van der Waals surface area contributed by atoms with Crippen LogP contribution in [0.5, 0.6) is 0 Å². The van der Waals surface area contributed by atoms with Crippen LogP contribution >= 0.6 is 0 Å². The van der Waals surface area contributed by atoms with E-state index in [1.165, 1.54) is 24.8 Å². The van der Waals surface area contributed by atoms with Crippen LogP contribution in [0.4, 0.5) is 11.5 Å². The molecule has 1 aromatic heterocycles. The number of aryl methyl sites for hydroxylation is 1. The van der Waals surface area contributed by atoms with Crippen LogP contribution in [0.3, 0.4) is 0 Å². The fourth-order valence-electron chi connectivity index (χ4n) is 3.63. The van der Waals surface area contributed by atoms with Crippen LogP contribution in [-0.4, -0.2) is 35.5 Å². The number of carbonyl (C=O) groups excluding carboxylic acids is 1. The van der Waals surface area contributed by atoms with Crippen molar-refractivity contribution in [1.29, 1.82) is 0 Å². The molecule has 0 aliphatic carbocycles. The topological polar surface area (TPSA) is 49.3 Å². The van der Waals surface area contributed by atoms with Gasteiger partial charge in [-0.15, -0.1) is 0 Å². The number of benzene rings is 1. The van der Waals surface area contributed by atoms with Gasteiger partial charge in [-0.3, -0.25) is 4.79 Å². The third-order valence-electron chi connectivity index (χ3n) is 4.86. The molecule has 2 aromatic rings. The van der Waals surface area contributed by atoms with Crippen molar-refractivity contribution in [3.63, 3.8) is 0 Å². The summed E-state index contributed by atoms with van der Waals surface area (Å²) in [4.78, 5) is 26.1. The Kier molecular flexibility index (Phi) is 3.92. The molecule has 124 valence electrons. The van der Waals surface area contributed by atoms with Crippen LogP contribution in [0, 0.1) is 6.92 Å². The Bertz CT molecular complexity index is 768. The summed E-state index contributed by atoms with van der Waals surface area (Å²) in [6, 6.07) is 9.97. The normalized spacial score (nSPS) is 17.0. The lowest BCUT2D eigenvalue weighted by Crippen LogP contribution is -2.32. The molecule has 0 unspecified atom stereocenters. The second-order valence-electron chi connectivity index (χ2n) is 6.54. The first-order valence-electron chi connectivity index (χ1n) is 8.73. The number of anilines is 2. The molecule has 24 heavy (non-hydrogen) atoms. The van der Waals surface area contributed by atoms with E-state index in [1.54, 1.807) is 0 Å². The van der Waals surface area contributed by atoms with Crippen molar-refractivity contribution < 1.29 is 4.79 Å². The molecule has 1 aromatic carbocycles. The fourth-order valence-corrected chi connectivity index (χ4v) is 3.63. The molecule has 5 heteroatoms. The van der Waals surface area contributed by atoms with Crippen LogP contribution < -0.4 is 9.80 Å². The zero-order valence-corrected chi connectivity index (χ0v) is 14.0. The molecule has 0 N–H and O–H groups in total. The van der Waals surface area contributed by atoms with Crippen LogP contribution in [0.15, 0.2) is 30.3 Å². The van der Waals surface area contributed by atoms with Crippen molar-refractivity contribution in [2.24, 2.45) is 0 Å². The summed E-state index contributed by atoms with van der Waals surface area (Å²) in [5, 5.41) is 0. The van der Waals surface area contributed by atoms with Gasteiger partial charge in [-0.1, -0.05) is 18.2 Å². The smallest absolute Gasteiger partial charge is 0.277 e. The molecule has 1 saturated heterocycles. The third kappa shape index (κ3) is 2.75. The zero-order chi connectivity index (χ0) is 16.5. The van der Waals surface area contributed by atoms with Crippen molar-refractivity contribution in [1.82, 2.24) is 9.97 Å². The minimum atomic E-state index is -0.0243. The SMILES string of the molecule is Cc1nc(C(=O)N2CCc3ccccc32)cc(N2CCCCC2)n1. The molecule has 2 aliphatic heterocycles. The largest absolute Gasteiger partial charge is 0.356 e. The zero-order valence-electron chi connectivity index (χ0n) is 14.0. The summed E-state index contributed by atoms with van der Waals surface area (Å²) in [5.41, 5.74) is 2.74. The number of nitrogens with zero attached hydrogens (tertiary/aromatic N) is 4. The van der Waals surface area contributed by atoms with Gasteiger partial charge in [0, 0.05) is 31.4 Å². The van der Waals surface area contributed by atoms with E-state index in [1.807, 2.05) is 36.1 Å². The average molecular weight is 322 g/mol. The fraction of sp³-hybridized carbons (Fsp3) is 0.421. The molecule has 0 spiro atoms. The van der Waals surface area contributed by atoms with Gasteiger partial charge in [-0.2, -0.15) is 0 Å². The molecule has 0 saturated carbocycles. The minimum Gasteiger partial charge on any atom is -0.356 e. The maximum atomic E-state index is 13.0. The van der Waals surface area contributed by atoms with Crippen molar-refractivity contribution in [3.8, 4) is 0 Å². The standard InChI is InChI=1S/C19H22N4O/c1-14-20-16(13-18(21-14)22-10-5-2-6-11-22)19(24)23-12-9-15-7-3-4-8-17(15)23/h3-4,7-8,13H,2,5-6,9-12H2,1H3. The number of hydrogen-bond acceptors (Lipinski definition) is 4. The highest BCUT2D eigenvalue weighted by Gasteiger charge is 2.27. The molecule has 5 nitrogen and oxygen atoms in total. The van der Waals surface area contributed by atoms with E-state index in [-0.39, 0.29) is 5.91 Å². The van der Waals surface area contributed by atoms with Crippen LogP contribution in [0.25, 0.3) is 0 Å². The van der Waals surface area contributed by atoms with E-state index < -0.39 is 0 Å². The first-order valence-corrected chi connectivity index (χ1v) is 8.73. The Morgan fingerprint density at radius 1 is 1.04 bits per heavy atom. The molecular weight excluding hydrogens is 300 g/mol. The maximum Gasteiger partial charge on any atom is 0.277 e. The Hall–Kier alpha value is -2.43. The molecular formula is C19H22N4O. The molecule has 2 aliphatic rings. The predicted octanol–water partition coefficient (Wildman–Crippen LogP) is 2.98. The predicted molar refractivity (Wildman–Crippen MR) is 94.7 cm³/mol. The van der Waals surface area contributed by atoms with Gasteiger partial charge in [-0.05, 0) is 44.2 Å². The molecule has 0 bridgehead atoms. The second kappa shape index (κ2) is 6.23. The monoisotopic (exact) mass is 322 g/mol. The number of para-hydroxylation sites is 1. The number of fused-ring (bicyclic) bond motifs is 1. The summed E-state index contributed by atoms with van der Waals surface area (Å²) >= 11 is 0. The highest BCUT2D eigenvalue weighted by atomic mass is 16.2. The minimum absolute atomic E-state index is 0.0243. The summed E-state index contributed by atoms with van der Waals surface area (Å²) < 4.78 is 0. The number of aromatic nitrogens is 2. The highest BCUT2D eigenvalue weighted by molar-refractivity contribution is 6.06.